The van der Waals surface area contributed by atoms with Gasteiger partial charge in [-0.1, -0.05) is 22.8 Å². The van der Waals surface area contributed by atoms with Crippen molar-refractivity contribution in [2.75, 3.05) is 11.9 Å². The molecule has 0 fully saturated rings. The van der Waals surface area contributed by atoms with Gasteiger partial charge in [0, 0.05) is 12.7 Å². The molecule has 0 amide bonds. The highest BCUT2D eigenvalue weighted by atomic mass is 35.5. The predicted octanol–water partition coefficient (Wildman–Crippen LogP) is 3.45. The summed E-state index contributed by atoms with van der Waals surface area (Å²) in [6.45, 7) is 3.84. The summed E-state index contributed by atoms with van der Waals surface area (Å²) < 4.78 is 5.46. The standard InChI is InChI=1S/C12H14ClN3O/c1-8-4-6-10(7-5-8)16(3)12-15-14-11(17-12)9(2)13/h4-7,9H,1-3H3. The number of nitrogens with zero attached hydrogens (tertiary/aromatic N) is 3. The third-order valence-corrected chi connectivity index (χ3v) is 2.67. The molecule has 17 heavy (non-hydrogen) atoms. The molecule has 0 spiro atoms. The number of rotatable bonds is 3. The van der Waals surface area contributed by atoms with Crippen molar-refractivity contribution in [3.63, 3.8) is 0 Å². The summed E-state index contributed by atoms with van der Waals surface area (Å²) in [7, 11) is 1.88. The molecule has 1 unspecified atom stereocenters. The van der Waals surface area contributed by atoms with E-state index in [1.165, 1.54) is 5.56 Å². The van der Waals surface area contributed by atoms with Crippen molar-refractivity contribution >= 4 is 23.3 Å². The molecular formula is C12H14ClN3O. The monoisotopic (exact) mass is 251 g/mol. The normalized spacial score (nSPS) is 12.5. The van der Waals surface area contributed by atoms with Crippen LogP contribution < -0.4 is 4.90 Å². The molecule has 0 aliphatic carbocycles. The second kappa shape index (κ2) is 4.75. The van der Waals surface area contributed by atoms with Crippen LogP contribution in [0.4, 0.5) is 11.7 Å². The number of aromatic nitrogens is 2. The summed E-state index contributed by atoms with van der Waals surface area (Å²) in [6, 6.07) is 8.52. The number of hydrogen-bond acceptors (Lipinski definition) is 4. The summed E-state index contributed by atoms with van der Waals surface area (Å²) in [5.41, 5.74) is 2.20. The summed E-state index contributed by atoms with van der Waals surface area (Å²) >= 11 is 5.87. The number of aryl methyl sites for hydroxylation is 1. The Kier molecular flexibility index (Phi) is 3.33. The smallest absolute Gasteiger partial charge is 0.322 e. The van der Waals surface area contributed by atoms with Crippen molar-refractivity contribution in [1.82, 2.24) is 10.2 Å². The van der Waals surface area contributed by atoms with Crippen molar-refractivity contribution in [2.24, 2.45) is 0 Å². The first kappa shape index (κ1) is 11.9. The van der Waals surface area contributed by atoms with Gasteiger partial charge in [0.2, 0.25) is 5.89 Å². The van der Waals surface area contributed by atoms with Crippen molar-refractivity contribution in [2.45, 2.75) is 19.2 Å². The van der Waals surface area contributed by atoms with Crippen LogP contribution in [-0.2, 0) is 0 Å². The zero-order chi connectivity index (χ0) is 12.4. The van der Waals surface area contributed by atoms with Gasteiger partial charge in [-0.25, -0.2) is 0 Å². The fourth-order valence-corrected chi connectivity index (χ4v) is 1.49. The molecule has 1 atom stereocenters. The molecule has 90 valence electrons. The molecular weight excluding hydrogens is 238 g/mol. The van der Waals surface area contributed by atoms with Crippen molar-refractivity contribution < 1.29 is 4.42 Å². The maximum absolute atomic E-state index is 5.87. The topological polar surface area (TPSA) is 42.2 Å². The fraction of sp³-hybridized carbons (Fsp3) is 0.333. The Morgan fingerprint density at radius 3 is 2.41 bits per heavy atom. The van der Waals surface area contributed by atoms with Crippen LogP contribution in [0.25, 0.3) is 0 Å². The van der Waals surface area contributed by atoms with E-state index in [1.807, 2.05) is 43.1 Å². The SMILES string of the molecule is Cc1ccc(N(C)c2nnc(C(C)Cl)o2)cc1. The number of hydrogen-bond donors (Lipinski definition) is 0. The van der Waals surface area contributed by atoms with E-state index in [0.717, 1.165) is 5.69 Å². The van der Waals surface area contributed by atoms with Gasteiger partial charge >= 0.3 is 6.01 Å². The highest BCUT2D eigenvalue weighted by molar-refractivity contribution is 6.20. The summed E-state index contributed by atoms with van der Waals surface area (Å²) in [4.78, 5) is 1.83. The van der Waals surface area contributed by atoms with Gasteiger partial charge in [0.15, 0.2) is 0 Å². The van der Waals surface area contributed by atoms with E-state index in [9.17, 15) is 0 Å². The summed E-state index contributed by atoms with van der Waals surface area (Å²) in [5, 5.41) is 7.58. The minimum Gasteiger partial charge on any atom is -0.406 e. The molecule has 4 nitrogen and oxygen atoms in total. The lowest BCUT2D eigenvalue weighted by Gasteiger charge is -2.13. The molecule has 0 saturated carbocycles. The van der Waals surface area contributed by atoms with E-state index in [2.05, 4.69) is 10.2 Å². The summed E-state index contributed by atoms with van der Waals surface area (Å²) in [6.07, 6.45) is 0. The van der Waals surface area contributed by atoms with E-state index in [4.69, 9.17) is 16.0 Å². The molecule has 0 aliphatic rings. The largest absolute Gasteiger partial charge is 0.406 e. The number of alkyl halides is 1. The van der Waals surface area contributed by atoms with Gasteiger partial charge in [-0.15, -0.1) is 16.7 Å². The Hall–Kier alpha value is -1.55. The molecule has 0 radical (unpaired) electrons. The Bertz CT molecular complexity index is 493. The van der Waals surface area contributed by atoms with Gasteiger partial charge in [0.05, 0.1) is 0 Å². The first-order chi connectivity index (χ1) is 8.08. The Morgan fingerprint density at radius 2 is 1.88 bits per heavy atom. The highest BCUT2D eigenvalue weighted by Gasteiger charge is 2.15. The van der Waals surface area contributed by atoms with Crippen molar-refractivity contribution in [1.29, 1.82) is 0 Å². The average Bonchev–Trinajstić information content (AvgIpc) is 2.78. The molecule has 1 heterocycles. The van der Waals surface area contributed by atoms with Gasteiger partial charge < -0.3 is 4.42 Å². The van der Waals surface area contributed by atoms with Crippen LogP contribution in [-0.4, -0.2) is 17.2 Å². The third kappa shape index (κ3) is 2.58. The average molecular weight is 252 g/mol. The second-order valence-electron chi connectivity index (χ2n) is 3.93. The molecule has 2 rings (SSSR count). The third-order valence-electron chi connectivity index (χ3n) is 2.48. The van der Waals surface area contributed by atoms with E-state index in [-0.39, 0.29) is 5.38 Å². The predicted molar refractivity (Wildman–Crippen MR) is 67.8 cm³/mol. The molecule has 1 aromatic carbocycles. The van der Waals surface area contributed by atoms with Gasteiger partial charge in [-0.2, -0.15) is 0 Å². The molecule has 5 heteroatoms. The molecule has 0 bridgehead atoms. The van der Waals surface area contributed by atoms with E-state index >= 15 is 0 Å². The van der Waals surface area contributed by atoms with Crippen molar-refractivity contribution in [3.05, 3.63) is 35.7 Å². The van der Waals surface area contributed by atoms with Gasteiger partial charge in [-0.05, 0) is 26.0 Å². The first-order valence-corrected chi connectivity index (χ1v) is 5.79. The number of halogens is 1. The minimum atomic E-state index is -0.275. The van der Waals surface area contributed by atoms with Crippen LogP contribution in [0.1, 0.15) is 23.8 Å². The van der Waals surface area contributed by atoms with Crippen LogP contribution in [0.15, 0.2) is 28.7 Å². The molecule has 0 N–H and O–H groups in total. The second-order valence-corrected chi connectivity index (χ2v) is 4.59. The van der Waals surface area contributed by atoms with E-state index < -0.39 is 0 Å². The highest BCUT2D eigenvalue weighted by Crippen LogP contribution is 2.25. The van der Waals surface area contributed by atoms with E-state index in [1.54, 1.807) is 6.92 Å². The van der Waals surface area contributed by atoms with E-state index in [0.29, 0.717) is 11.9 Å². The number of anilines is 2. The summed E-state index contributed by atoms with van der Waals surface area (Å²) in [5.74, 6) is 0.431. The quantitative estimate of drug-likeness (QED) is 0.784. The van der Waals surface area contributed by atoms with Crippen LogP contribution >= 0.6 is 11.6 Å². The minimum absolute atomic E-state index is 0.275. The lowest BCUT2D eigenvalue weighted by atomic mass is 10.2. The Labute approximate surface area is 105 Å². The fourth-order valence-electron chi connectivity index (χ4n) is 1.40. The molecule has 0 saturated heterocycles. The van der Waals surface area contributed by atoms with Gasteiger partial charge in [-0.3, -0.25) is 4.90 Å². The Balaban J connectivity index is 2.24. The van der Waals surface area contributed by atoms with Crippen LogP contribution in [0.5, 0.6) is 0 Å². The van der Waals surface area contributed by atoms with Crippen LogP contribution in [0.3, 0.4) is 0 Å². The van der Waals surface area contributed by atoms with Crippen LogP contribution in [0, 0.1) is 6.92 Å². The molecule has 1 aromatic heterocycles. The zero-order valence-electron chi connectivity index (χ0n) is 10.0. The molecule has 2 aromatic rings. The van der Waals surface area contributed by atoms with Crippen molar-refractivity contribution in [3.8, 4) is 0 Å². The maximum atomic E-state index is 5.87. The lowest BCUT2D eigenvalue weighted by molar-refractivity contribution is 0.499. The lowest BCUT2D eigenvalue weighted by Crippen LogP contribution is -2.09. The van der Waals surface area contributed by atoms with Crippen LogP contribution in [0.2, 0.25) is 0 Å². The maximum Gasteiger partial charge on any atom is 0.322 e. The van der Waals surface area contributed by atoms with Gasteiger partial charge in [0.25, 0.3) is 0 Å². The Morgan fingerprint density at radius 1 is 1.24 bits per heavy atom. The van der Waals surface area contributed by atoms with Gasteiger partial charge in [0.1, 0.15) is 5.38 Å². The molecule has 0 aliphatic heterocycles. The first-order valence-electron chi connectivity index (χ1n) is 5.36. The zero-order valence-corrected chi connectivity index (χ0v) is 10.8. The number of benzene rings is 1.